The van der Waals surface area contributed by atoms with Gasteiger partial charge in [0.1, 0.15) is 0 Å². The Balaban J connectivity index is 1.58. The molecule has 42 heavy (non-hydrogen) atoms. The fourth-order valence-electron chi connectivity index (χ4n) is 6.99. The lowest BCUT2D eigenvalue weighted by Crippen LogP contribution is -1.96. The summed E-state index contributed by atoms with van der Waals surface area (Å²) in [5.74, 6) is 0. The summed E-state index contributed by atoms with van der Waals surface area (Å²) in [5, 5.41) is 0. The Morgan fingerprint density at radius 3 is 0.690 bits per heavy atom. The van der Waals surface area contributed by atoms with E-state index in [0.717, 1.165) is 0 Å². The van der Waals surface area contributed by atoms with E-state index in [1.165, 1.54) is 89.0 Å². The Hall–Kier alpha value is -4.68. The van der Waals surface area contributed by atoms with Crippen molar-refractivity contribution in [2.24, 2.45) is 0 Å². The van der Waals surface area contributed by atoms with Crippen LogP contribution < -0.4 is 0 Å². The SMILES string of the molecule is Cc1cc(C)c(-c2ccccc2-c2ccccc2-c2ccccc2-c2ccccc2-c2c(C)cc(C)cc2C)c(C)c1. The summed E-state index contributed by atoms with van der Waals surface area (Å²) >= 11 is 0. The second-order valence-corrected chi connectivity index (χ2v) is 11.7. The molecule has 0 aliphatic carbocycles. The molecule has 0 nitrogen and oxygen atoms in total. The first-order valence-corrected chi connectivity index (χ1v) is 14.9. The molecule has 0 unspecified atom stereocenters. The van der Waals surface area contributed by atoms with Crippen molar-refractivity contribution >= 4 is 0 Å². The molecule has 0 N–H and O–H groups in total. The second-order valence-electron chi connectivity index (χ2n) is 11.7. The lowest BCUT2D eigenvalue weighted by atomic mass is 9.83. The van der Waals surface area contributed by atoms with Crippen molar-refractivity contribution in [1.29, 1.82) is 0 Å². The van der Waals surface area contributed by atoms with Crippen molar-refractivity contribution < 1.29 is 0 Å². The van der Waals surface area contributed by atoms with Gasteiger partial charge in [-0.15, -0.1) is 0 Å². The van der Waals surface area contributed by atoms with Gasteiger partial charge in [-0.1, -0.05) is 132 Å². The van der Waals surface area contributed by atoms with Gasteiger partial charge in [0.15, 0.2) is 0 Å². The largest absolute Gasteiger partial charge is 0.0616 e. The third-order valence-electron chi connectivity index (χ3n) is 8.47. The predicted octanol–water partition coefficient (Wildman–Crippen LogP) is 11.9. The maximum absolute atomic E-state index is 2.30. The van der Waals surface area contributed by atoms with Gasteiger partial charge in [-0.2, -0.15) is 0 Å². The highest BCUT2D eigenvalue weighted by atomic mass is 14.2. The van der Waals surface area contributed by atoms with E-state index in [-0.39, 0.29) is 0 Å². The molecule has 0 heterocycles. The summed E-state index contributed by atoms with van der Waals surface area (Å²) in [4.78, 5) is 0. The summed E-state index contributed by atoms with van der Waals surface area (Å²) in [6.45, 7) is 13.3. The first-order valence-electron chi connectivity index (χ1n) is 14.9. The molecule has 0 amide bonds. The standard InChI is InChI=1S/C42H38/c1-27-23-29(3)41(30(4)24-27)39-21-13-11-19-37(39)35-17-9-7-15-33(35)34-16-8-10-18-36(34)38-20-12-14-22-40(38)42-31(5)25-28(2)26-32(42)6/h7-26H,1-6H3. The molecule has 0 aliphatic heterocycles. The minimum atomic E-state index is 1.25. The molecule has 0 saturated heterocycles. The Bertz CT molecular complexity index is 1750. The Labute approximate surface area is 251 Å². The topological polar surface area (TPSA) is 0 Å². The van der Waals surface area contributed by atoms with E-state index in [1.807, 2.05) is 0 Å². The Morgan fingerprint density at radius 1 is 0.262 bits per heavy atom. The Morgan fingerprint density at radius 2 is 0.452 bits per heavy atom. The second kappa shape index (κ2) is 11.3. The van der Waals surface area contributed by atoms with Crippen LogP contribution in [-0.4, -0.2) is 0 Å². The molecule has 0 aromatic heterocycles. The summed E-state index contributed by atoms with van der Waals surface area (Å²) in [6.07, 6.45) is 0. The minimum Gasteiger partial charge on any atom is -0.0616 e. The lowest BCUT2D eigenvalue weighted by Gasteiger charge is -2.21. The van der Waals surface area contributed by atoms with Crippen molar-refractivity contribution in [1.82, 2.24) is 0 Å². The average Bonchev–Trinajstić information content (AvgIpc) is 2.97. The quantitative estimate of drug-likeness (QED) is 0.203. The zero-order valence-corrected chi connectivity index (χ0v) is 25.5. The van der Waals surface area contributed by atoms with Crippen LogP contribution in [0.25, 0.3) is 55.6 Å². The minimum absolute atomic E-state index is 1.25. The maximum Gasteiger partial charge on any atom is -0.00990 e. The van der Waals surface area contributed by atoms with Crippen molar-refractivity contribution in [2.45, 2.75) is 41.5 Å². The van der Waals surface area contributed by atoms with Gasteiger partial charge >= 0.3 is 0 Å². The van der Waals surface area contributed by atoms with Gasteiger partial charge < -0.3 is 0 Å². The summed E-state index contributed by atoms with van der Waals surface area (Å²) < 4.78 is 0. The van der Waals surface area contributed by atoms with Crippen LogP contribution in [0.5, 0.6) is 0 Å². The molecule has 0 radical (unpaired) electrons. The van der Waals surface area contributed by atoms with Crippen molar-refractivity contribution in [3.05, 3.63) is 155 Å². The zero-order valence-electron chi connectivity index (χ0n) is 25.5. The first kappa shape index (κ1) is 27.5. The fraction of sp³-hybridized carbons (Fsp3) is 0.143. The maximum atomic E-state index is 2.30. The molecule has 6 aromatic rings. The van der Waals surface area contributed by atoms with Crippen LogP contribution in [0.2, 0.25) is 0 Å². The molecule has 0 spiro atoms. The van der Waals surface area contributed by atoms with E-state index >= 15 is 0 Å². The molecule has 206 valence electrons. The van der Waals surface area contributed by atoms with Crippen molar-refractivity contribution in [3.63, 3.8) is 0 Å². The highest BCUT2D eigenvalue weighted by Crippen LogP contribution is 2.45. The van der Waals surface area contributed by atoms with Gasteiger partial charge in [0, 0.05) is 0 Å². The third kappa shape index (κ3) is 4.99. The van der Waals surface area contributed by atoms with Gasteiger partial charge in [-0.25, -0.2) is 0 Å². The third-order valence-corrected chi connectivity index (χ3v) is 8.47. The highest BCUT2D eigenvalue weighted by molar-refractivity contribution is 5.99. The smallest absolute Gasteiger partial charge is 0.00990 e. The molecular formula is C42H38. The van der Waals surface area contributed by atoms with Crippen LogP contribution in [0.3, 0.4) is 0 Å². The van der Waals surface area contributed by atoms with E-state index in [0.29, 0.717) is 0 Å². The van der Waals surface area contributed by atoms with Crippen LogP contribution in [0.1, 0.15) is 33.4 Å². The number of hydrogen-bond donors (Lipinski definition) is 0. The zero-order chi connectivity index (χ0) is 29.4. The van der Waals surface area contributed by atoms with E-state index < -0.39 is 0 Å². The number of benzene rings is 6. The van der Waals surface area contributed by atoms with Gasteiger partial charge in [-0.3, -0.25) is 0 Å². The van der Waals surface area contributed by atoms with E-state index in [9.17, 15) is 0 Å². The molecule has 0 atom stereocenters. The van der Waals surface area contributed by atoms with Gasteiger partial charge in [-0.05, 0) is 119 Å². The fourth-order valence-corrected chi connectivity index (χ4v) is 6.99. The van der Waals surface area contributed by atoms with Gasteiger partial charge in [0.2, 0.25) is 0 Å². The summed E-state index contributed by atoms with van der Waals surface area (Å²) in [5.41, 5.74) is 20.6. The summed E-state index contributed by atoms with van der Waals surface area (Å²) in [6, 6.07) is 44.8. The van der Waals surface area contributed by atoms with Crippen LogP contribution in [0, 0.1) is 41.5 Å². The summed E-state index contributed by atoms with van der Waals surface area (Å²) in [7, 11) is 0. The normalized spacial score (nSPS) is 11.1. The van der Waals surface area contributed by atoms with Crippen LogP contribution >= 0.6 is 0 Å². The molecule has 0 saturated carbocycles. The lowest BCUT2D eigenvalue weighted by molar-refractivity contribution is 1.32. The molecule has 0 bridgehead atoms. The molecule has 0 fully saturated rings. The number of hydrogen-bond acceptors (Lipinski definition) is 0. The van der Waals surface area contributed by atoms with Crippen LogP contribution in [0.15, 0.2) is 121 Å². The molecule has 6 aromatic carbocycles. The average molecular weight is 543 g/mol. The van der Waals surface area contributed by atoms with Gasteiger partial charge in [0.05, 0.1) is 0 Å². The van der Waals surface area contributed by atoms with Crippen LogP contribution in [0.4, 0.5) is 0 Å². The van der Waals surface area contributed by atoms with Crippen molar-refractivity contribution in [3.8, 4) is 55.6 Å². The van der Waals surface area contributed by atoms with E-state index in [2.05, 4.69) is 163 Å². The molecule has 0 aliphatic rings. The van der Waals surface area contributed by atoms with Crippen LogP contribution in [-0.2, 0) is 0 Å². The Kier molecular flexibility index (Phi) is 7.40. The first-order chi connectivity index (χ1) is 20.3. The molecule has 6 rings (SSSR count). The predicted molar refractivity (Wildman–Crippen MR) is 182 cm³/mol. The van der Waals surface area contributed by atoms with Crippen molar-refractivity contribution in [2.75, 3.05) is 0 Å². The molecule has 0 heteroatoms. The number of aryl methyl sites for hydroxylation is 6. The monoisotopic (exact) mass is 542 g/mol. The van der Waals surface area contributed by atoms with E-state index in [4.69, 9.17) is 0 Å². The highest BCUT2D eigenvalue weighted by Gasteiger charge is 2.19. The van der Waals surface area contributed by atoms with E-state index in [1.54, 1.807) is 0 Å². The van der Waals surface area contributed by atoms with Gasteiger partial charge in [0.25, 0.3) is 0 Å². The molecular weight excluding hydrogens is 504 g/mol. The number of rotatable bonds is 5.